The van der Waals surface area contributed by atoms with Crippen molar-refractivity contribution in [1.29, 1.82) is 0 Å². The van der Waals surface area contributed by atoms with E-state index in [-0.39, 0.29) is 24.9 Å². The summed E-state index contributed by atoms with van der Waals surface area (Å²) in [5, 5.41) is 21.1. The van der Waals surface area contributed by atoms with Gasteiger partial charge in [0.25, 0.3) is 0 Å². The van der Waals surface area contributed by atoms with Crippen molar-refractivity contribution in [1.82, 2.24) is 5.32 Å². The quantitative estimate of drug-likeness (QED) is 0.595. The molecule has 0 heterocycles. The van der Waals surface area contributed by atoms with Crippen molar-refractivity contribution >= 4 is 11.9 Å². The third-order valence-electron chi connectivity index (χ3n) is 4.27. The first-order chi connectivity index (χ1) is 9.50. The fourth-order valence-corrected chi connectivity index (χ4v) is 2.83. The van der Waals surface area contributed by atoms with Crippen LogP contribution in [-0.2, 0) is 9.59 Å². The zero-order valence-electron chi connectivity index (χ0n) is 12.4. The van der Waals surface area contributed by atoms with E-state index in [0.717, 1.165) is 32.1 Å². The molecule has 0 aromatic rings. The lowest BCUT2D eigenvalue weighted by Crippen LogP contribution is -2.39. The number of aliphatic hydroxyl groups excluding tert-OH is 1. The van der Waals surface area contributed by atoms with Gasteiger partial charge in [-0.15, -0.1) is 0 Å². The number of rotatable bonds is 8. The van der Waals surface area contributed by atoms with Gasteiger partial charge in [0.2, 0.25) is 5.91 Å². The van der Waals surface area contributed by atoms with Crippen LogP contribution < -0.4 is 5.32 Å². The normalized spacial score (nSPS) is 19.3. The fourth-order valence-electron chi connectivity index (χ4n) is 2.83. The fraction of sp³-hybridized carbons (Fsp3) is 0.867. The third kappa shape index (κ3) is 5.12. The summed E-state index contributed by atoms with van der Waals surface area (Å²) in [6, 6.07) is 0. The van der Waals surface area contributed by atoms with Crippen LogP contribution in [0.4, 0.5) is 0 Å². The van der Waals surface area contributed by atoms with E-state index in [1.165, 1.54) is 0 Å². The molecular weight excluding hydrogens is 258 g/mol. The minimum Gasteiger partial charge on any atom is -0.481 e. The second kappa shape index (κ2) is 8.25. The molecule has 1 saturated carbocycles. The van der Waals surface area contributed by atoms with E-state index in [4.69, 9.17) is 5.11 Å². The molecule has 1 aliphatic carbocycles. The van der Waals surface area contributed by atoms with Gasteiger partial charge < -0.3 is 15.5 Å². The minimum absolute atomic E-state index is 0.0951. The Morgan fingerprint density at radius 3 is 2.45 bits per heavy atom. The van der Waals surface area contributed by atoms with Crippen LogP contribution in [0.25, 0.3) is 0 Å². The minimum atomic E-state index is -0.847. The van der Waals surface area contributed by atoms with Crippen LogP contribution in [0.1, 0.15) is 58.3 Å². The summed E-state index contributed by atoms with van der Waals surface area (Å²) in [4.78, 5) is 23.4. The summed E-state index contributed by atoms with van der Waals surface area (Å²) < 4.78 is 0. The highest BCUT2D eigenvalue weighted by Crippen LogP contribution is 2.39. The van der Waals surface area contributed by atoms with Gasteiger partial charge in [-0.05, 0) is 31.6 Å². The van der Waals surface area contributed by atoms with Crippen molar-refractivity contribution in [3.8, 4) is 0 Å². The number of amides is 1. The Hall–Kier alpha value is -1.10. The topological polar surface area (TPSA) is 86.6 Å². The van der Waals surface area contributed by atoms with E-state index in [1.54, 1.807) is 0 Å². The second-order valence-corrected chi connectivity index (χ2v) is 6.10. The zero-order valence-corrected chi connectivity index (χ0v) is 12.4. The van der Waals surface area contributed by atoms with Crippen LogP contribution in [0.2, 0.25) is 0 Å². The Labute approximate surface area is 120 Å². The van der Waals surface area contributed by atoms with Crippen LogP contribution in [-0.4, -0.2) is 35.2 Å². The largest absolute Gasteiger partial charge is 0.481 e. The molecular formula is C15H27NO4. The van der Waals surface area contributed by atoms with Gasteiger partial charge in [-0.3, -0.25) is 9.59 Å². The molecule has 0 spiro atoms. The smallest absolute Gasteiger partial charge is 0.310 e. The molecule has 5 nitrogen and oxygen atoms in total. The van der Waals surface area contributed by atoms with Gasteiger partial charge in [0.05, 0.1) is 5.41 Å². The molecule has 1 aliphatic rings. The van der Waals surface area contributed by atoms with Gasteiger partial charge >= 0.3 is 5.97 Å². The number of carbonyl (C=O) groups is 2. The van der Waals surface area contributed by atoms with Crippen LogP contribution in [0.15, 0.2) is 0 Å². The summed E-state index contributed by atoms with van der Waals surface area (Å²) >= 11 is 0. The summed E-state index contributed by atoms with van der Waals surface area (Å²) in [5.74, 6) is -0.747. The van der Waals surface area contributed by atoms with Crippen molar-refractivity contribution in [2.75, 3.05) is 13.2 Å². The number of aliphatic carboxylic acids is 1. The molecule has 1 atom stereocenters. The third-order valence-corrected chi connectivity index (χ3v) is 4.27. The molecule has 1 unspecified atom stereocenters. The van der Waals surface area contributed by atoms with Crippen molar-refractivity contribution in [3.63, 3.8) is 0 Å². The first-order valence-electron chi connectivity index (χ1n) is 7.61. The number of carboxylic acids is 1. The average molecular weight is 285 g/mol. The molecule has 3 N–H and O–H groups in total. The van der Waals surface area contributed by atoms with E-state index < -0.39 is 11.4 Å². The van der Waals surface area contributed by atoms with E-state index >= 15 is 0 Å². The molecule has 1 fully saturated rings. The lowest BCUT2D eigenvalue weighted by Gasteiger charge is -2.32. The molecule has 0 aromatic carbocycles. The maximum absolute atomic E-state index is 11.9. The van der Waals surface area contributed by atoms with Crippen LogP contribution in [0, 0.1) is 11.3 Å². The van der Waals surface area contributed by atoms with Crippen molar-refractivity contribution in [2.45, 2.75) is 58.3 Å². The van der Waals surface area contributed by atoms with Crippen LogP contribution in [0.3, 0.4) is 0 Å². The van der Waals surface area contributed by atoms with Gasteiger partial charge in [-0.2, -0.15) is 0 Å². The Morgan fingerprint density at radius 2 is 1.90 bits per heavy atom. The van der Waals surface area contributed by atoms with E-state index in [9.17, 15) is 14.7 Å². The van der Waals surface area contributed by atoms with E-state index in [2.05, 4.69) is 5.32 Å². The predicted molar refractivity (Wildman–Crippen MR) is 76.3 cm³/mol. The summed E-state index contributed by atoms with van der Waals surface area (Å²) in [6.07, 6.45) is 5.85. The number of hydrogen-bond acceptors (Lipinski definition) is 3. The van der Waals surface area contributed by atoms with Gasteiger partial charge in [-0.25, -0.2) is 0 Å². The molecule has 5 heteroatoms. The molecule has 0 radical (unpaired) electrons. The standard InChI is InChI=1S/C15H27NO4/c1-12(11-17)6-5-9-16-13(18)10-15(14(19)20)7-3-2-4-8-15/h12,17H,2-11H2,1H3,(H,16,18)(H,19,20). The number of hydrogen-bond donors (Lipinski definition) is 3. The highest BCUT2D eigenvalue weighted by Gasteiger charge is 2.41. The number of nitrogens with one attached hydrogen (secondary N) is 1. The van der Waals surface area contributed by atoms with Crippen molar-refractivity contribution in [2.24, 2.45) is 11.3 Å². The Morgan fingerprint density at radius 1 is 1.25 bits per heavy atom. The lowest BCUT2D eigenvalue weighted by atomic mass is 9.71. The van der Waals surface area contributed by atoms with E-state index in [0.29, 0.717) is 19.4 Å². The monoisotopic (exact) mass is 285 g/mol. The molecule has 20 heavy (non-hydrogen) atoms. The van der Waals surface area contributed by atoms with Gasteiger partial charge in [0.15, 0.2) is 0 Å². The summed E-state index contributed by atoms with van der Waals surface area (Å²) in [5.41, 5.74) is -0.847. The van der Waals surface area contributed by atoms with Gasteiger partial charge in [-0.1, -0.05) is 26.2 Å². The molecule has 116 valence electrons. The highest BCUT2D eigenvalue weighted by atomic mass is 16.4. The van der Waals surface area contributed by atoms with Crippen LogP contribution >= 0.6 is 0 Å². The zero-order chi connectivity index (χ0) is 15.0. The lowest BCUT2D eigenvalue weighted by molar-refractivity contribution is -0.154. The molecule has 0 saturated heterocycles. The van der Waals surface area contributed by atoms with Crippen LogP contribution in [0.5, 0.6) is 0 Å². The Bertz CT molecular complexity index is 324. The maximum Gasteiger partial charge on any atom is 0.310 e. The molecule has 1 amide bonds. The average Bonchev–Trinajstić information content (AvgIpc) is 2.44. The van der Waals surface area contributed by atoms with E-state index in [1.807, 2.05) is 6.92 Å². The molecule has 1 rings (SSSR count). The first-order valence-corrected chi connectivity index (χ1v) is 7.61. The molecule has 0 bridgehead atoms. The molecule has 0 aromatic heterocycles. The SMILES string of the molecule is CC(CO)CCCNC(=O)CC1(C(=O)O)CCCCC1. The maximum atomic E-state index is 11.9. The summed E-state index contributed by atoms with van der Waals surface area (Å²) in [6.45, 7) is 2.68. The number of aliphatic hydroxyl groups is 1. The number of carbonyl (C=O) groups excluding carboxylic acids is 1. The van der Waals surface area contributed by atoms with Gasteiger partial charge in [0, 0.05) is 19.6 Å². The number of carboxylic acid groups (broad SMARTS) is 1. The first kappa shape index (κ1) is 17.0. The Kier molecular flexibility index (Phi) is 6.99. The van der Waals surface area contributed by atoms with Gasteiger partial charge in [0.1, 0.15) is 0 Å². The second-order valence-electron chi connectivity index (χ2n) is 6.10. The highest BCUT2D eigenvalue weighted by molar-refractivity contribution is 5.85. The predicted octanol–water partition coefficient (Wildman–Crippen LogP) is 1.94. The summed E-state index contributed by atoms with van der Waals surface area (Å²) in [7, 11) is 0. The van der Waals surface area contributed by atoms with Crippen molar-refractivity contribution < 1.29 is 19.8 Å². The molecule has 0 aliphatic heterocycles. The Balaban J connectivity index is 2.34. The van der Waals surface area contributed by atoms with Crippen molar-refractivity contribution in [3.05, 3.63) is 0 Å².